The van der Waals surface area contributed by atoms with E-state index in [4.69, 9.17) is 14.2 Å². The van der Waals surface area contributed by atoms with E-state index >= 15 is 0 Å². The minimum absolute atomic E-state index is 0.0438. The van der Waals surface area contributed by atoms with Crippen LogP contribution in [0.15, 0.2) is 30.7 Å². The molecule has 0 saturated carbocycles. The SMILES string of the molecule is COC[C@@H]1COc2ncccc2-c2nnc(NS(=O)(=O)[C@@H](C)[C@H](OC(C)C)c3ncc(C)cn3)n21. The molecule has 0 spiro atoms. The van der Waals surface area contributed by atoms with Crippen LogP contribution in [0.4, 0.5) is 5.95 Å². The van der Waals surface area contributed by atoms with Gasteiger partial charge in [-0.15, -0.1) is 10.2 Å². The highest BCUT2D eigenvalue weighted by Crippen LogP contribution is 2.35. The van der Waals surface area contributed by atoms with Gasteiger partial charge < -0.3 is 14.2 Å². The van der Waals surface area contributed by atoms with Crippen molar-refractivity contribution >= 4 is 16.0 Å². The van der Waals surface area contributed by atoms with Crippen LogP contribution in [0.3, 0.4) is 0 Å². The van der Waals surface area contributed by atoms with Crippen LogP contribution < -0.4 is 9.46 Å². The molecule has 13 heteroatoms. The van der Waals surface area contributed by atoms with Crippen LogP contribution in [0.25, 0.3) is 11.4 Å². The van der Waals surface area contributed by atoms with Gasteiger partial charge in [0.25, 0.3) is 0 Å². The predicted octanol–water partition coefficient (Wildman–Crippen LogP) is 2.31. The van der Waals surface area contributed by atoms with Gasteiger partial charge in [-0.2, -0.15) is 0 Å². The average molecular weight is 504 g/mol. The summed E-state index contributed by atoms with van der Waals surface area (Å²) in [5.41, 5.74) is 1.46. The first-order valence-electron chi connectivity index (χ1n) is 11.2. The summed E-state index contributed by atoms with van der Waals surface area (Å²) in [6.45, 7) is 7.51. The van der Waals surface area contributed by atoms with Gasteiger partial charge in [-0.05, 0) is 45.4 Å². The second-order valence-corrected chi connectivity index (χ2v) is 10.6. The highest BCUT2D eigenvalue weighted by atomic mass is 32.2. The molecule has 0 unspecified atom stereocenters. The van der Waals surface area contributed by atoms with Crippen molar-refractivity contribution in [2.75, 3.05) is 25.0 Å². The van der Waals surface area contributed by atoms with Gasteiger partial charge >= 0.3 is 0 Å². The number of methoxy groups -OCH3 is 1. The molecule has 0 radical (unpaired) electrons. The van der Waals surface area contributed by atoms with Crippen molar-refractivity contribution in [2.24, 2.45) is 0 Å². The van der Waals surface area contributed by atoms with Crippen LogP contribution in [0.1, 0.15) is 44.3 Å². The number of pyridine rings is 1. The number of anilines is 1. The minimum Gasteiger partial charge on any atom is -0.475 e. The molecule has 0 amide bonds. The fourth-order valence-electron chi connectivity index (χ4n) is 3.74. The van der Waals surface area contributed by atoms with Crippen molar-refractivity contribution in [1.82, 2.24) is 29.7 Å². The minimum atomic E-state index is -4.02. The van der Waals surface area contributed by atoms with E-state index in [2.05, 4.69) is 29.9 Å². The van der Waals surface area contributed by atoms with E-state index in [1.165, 1.54) is 0 Å². The maximum atomic E-state index is 13.5. The van der Waals surface area contributed by atoms with Crippen LogP contribution in [-0.4, -0.2) is 69.8 Å². The van der Waals surface area contributed by atoms with Crippen LogP contribution in [0.2, 0.25) is 0 Å². The third-order valence-corrected chi connectivity index (χ3v) is 7.16. The fraction of sp³-hybridized carbons (Fsp3) is 0.500. The van der Waals surface area contributed by atoms with Crippen LogP contribution in [0.5, 0.6) is 5.88 Å². The first-order valence-corrected chi connectivity index (χ1v) is 12.7. The van der Waals surface area contributed by atoms with Gasteiger partial charge in [-0.1, -0.05) is 0 Å². The molecule has 3 atom stereocenters. The summed E-state index contributed by atoms with van der Waals surface area (Å²) in [6, 6.07) is 3.15. The van der Waals surface area contributed by atoms with Crippen molar-refractivity contribution in [3.8, 4) is 17.3 Å². The second-order valence-electron chi connectivity index (χ2n) is 8.57. The Morgan fingerprint density at radius 3 is 2.63 bits per heavy atom. The molecule has 188 valence electrons. The lowest BCUT2D eigenvalue weighted by molar-refractivity contribution is 0.00152. The summed E-state index contributed by atoms with van der Waals surface area (Å²) in [5.74, 6) is 1.15. The Hall–Kier alpha value is -3.16. The van der Waals surface area contributed by atoms with Gasteiger partial charge in [0, 0.05) is 25.7 Å². The fourth-order valence-corrected chi connectivity index (χ4v) is 4.83. The van der Waals surface area contributed by atoms with E-state index < -0.39 is 27.4 Å². The number of sulfonamides is 1. The second kappa shape index (κ2) is 10.2. The summed E-state index contributed by atoms with van der Waals surface area (Å²) in [4.78, 5) is 12.9. The van der Waals surface area contributed by atoms with Crippen LogP contribution in [0, 0.1) is 6.92 Å². The lowest BCUT2D eigenvalue weighted by Gasteiger charge is -2.26. The van der Waals surface area contributed by atoms with Gasteiger partial charge in [0.2, 0.25) is 21.9 Å². The van der Waals surface area contributed by atoms with Gasteiger partial charge in [-0.25, -0.2) is 23.4 Å². The first kappa shape index (κ1) is 24.9. The molecule has 0 fully saturated rings. The van der Waals surface area contributed by atoms with E-state index in [0.29, 0.717) is 17.3 Å². The Kier molecular flexibility index (Phi) is 7.28. The number of hydrogen-bond donors (Lipinski definition) is 1. The zero-order chi connectivity index (χ0) is 25.2. The maximum Gasteiger partial charge on any atom is 0.240 e. The summed E-state index contributed by atoms with van der Waals surface area (Å²) < 4.78 is 48.5. The standard InChI is InChI=1S/C22H29N7O5S/c1-13(2)34-18(19-24-9-14(3)10-25-19)15(4)35(30,31)28-22-27-26-20-17-7-6-8-23-21(17)33-12-16(11-32-5)29(20)22/h6-10,13,15-16,18H,11-12H2,1-5H3,(H,27,28)/t15-,16+,18-/m0/s1. The van der Waals surface area contributed by atoms with Crippen molar-refractivity contribution in [1.29, 1.82) is 0 Å². The maximum absolute atomic E-state index is 13.5. The summed E-state index contributed by atoms with van der Waals surface area (Å²) >= 11 is 0. The summed E-state index contributed by atoms with van der Waals surface area (Å²) in [5, 5.41) is 7.36. The molecule has 4 heterocycles. The Bertz CT molecular complexity index is 1260. The molecule has 0 aromatic carbocycles. The van der Waals surface area contributed by atoms with Crippen molar-refractivity contribution in [3.63, 3.8) is 0 Å². The molecule has 0 saturated heterocycles. The van der Waals surface area contributed by atoms with E-state index in [-0.39, 0.29) is 31.1 Å². The van der Waals surface area contributed by atoms with Crippen LogP contribution >= 0.6 is 0 Å². The summed E-state index contributed by atoms with van der Waals surface area (Å²) in [7, 11) is -2.47. The first-order chi connectivity index (χ1) is 16.7. The average Bonchev–Trinajstić information content (AvgIpc) is 3.15. The molecule has 12 nitrogen and oxygen atoms in total. The molecule has 1 N–H and O–H groups in total. The molecule has 35 heavy (non-hydrogen) atoms. The third kappa shape index (κ3) is 5.26. The number of hydrogen-bond acceptors (Lipinski definition) is 10. The molecule has 0 aliphatic carbocycles. The Labute approximate surface area is 204 Å². The van der Waals surface area contributed by atoms with Gasteiger partial charge in [-0.3, -0.25) is 9.29 Å². The third-order valence-electron chi connectivity index (χ3n) is 5.47. The molecular formula is C22H29N7O5S. The number of fused-ring (bicyclic) bond motifs is 3. The zero-order valence-corrected chi connectivity index (χ0v) is 21.1. The molecule has 1 aliphatic rings. The number of nitrogens with one attached hydrogen (secondary N) is 1. The van der Waals surface area contributed by atoms with E-state index in [1.807, 2.05) is 20.8 Å². The number of nitrogens with zero attached hydrogens (tertiary/aromatic N) is 6. The van der Waals surface area contributed by atoms with Crippen molar-refractivity contribution in [2.45, 2.75) is 51.2 Å². The molecule has 0 bridgehead atoms. The summed E-state index contributed by atoms with van der Waals surface area (Å²) in [6.07, 6.45) is 3.72. The molecule has 1 aliphatic heterocycles. The van der Waals surface area contributed by atoms with E-state index in [0.717, 1.165) is 5.56 Å². The molecule has 3 aromatic rings. The highest BCUT2D eigenvalue weighted by molar-refractivity contribution is 7.93. The van der Waals surface area contributed by atoms with Crippen molar-refractivity contribution in [3.05, 3.63) is 42.1 Å². The molecule has 4 rings (SSSR count). The highest BCUT2D eigenvalue weighted by Gasteiger charge is 2.37. The Balaban J connectivity index is 1.70. The van der Waals surface area contributed by atoms with Gasteiger partial charge in [0.05, 0.1) is 24.3 Å². The largest absolute Gasteiger partial charge is 0.475 e. The smallest absolute Gasteiger partial charge is 0.240 e. The van der Waals surface area contributed by atoms with Gasteiger partial charge in [0.1, 0.15) is 18.0 Å². The molecule has 3 aromatic heterocycles. The topological polar surface area (TPSA) is 143 Å². The lowest BCUT2D eigenvalue weighted by atomic mass is 10.2. The zero-order valence-electron chi connectivity index (χ0n) is 20.2. The number of aryl methyl sites for hydroxylation is 1. The Morgan fingerprint density at radius 2 is 1.94 bits per heavy atom. The monoisotopic (exact) mass is 503 g/mol. The normalized spacial score (nSPS) is 17.1. The quantitative estimate of drug-likeness (QED) is 0.462. The van der Waals surface area contributed by atoms with Crippen LogP contribution in [-0.2, 0) is 19.5 Å². The molecular weight excluding hydrogens is 474 g/mol. The number of rotatable bonds is 9. The van der Waals surface area contributed by atoms with Crippen molar-refractivity contribution < 1.29 is 22.6 Å². The number of ether oxygens (including phenoxy) is 3. The van der Waals surface area contributed by atoms with E-state index in [1.54, 1.807) is 49.3 Å². The lowest BCUT2D eigenvalue weighted by Crippen LogP contribution is -2.35. The van der Waals surface area contributed by atoms with Gasteiger partial charge in [0.15, 0.2) is 11.6 Å². The predicted molar refractivity (Wildman–Crippen MR) is 127 cm³/mol. The number of aromatic nitrogens is 6. The Morgan fingerprint density at radius 1 is 1.20 bits per heavy atom. The van der Waals surface area contributed by atoms with E-state index in [9.17, 15) is 8.42 Å².